The molecule has 6 heteroatoms. The van der Waals surface area contributed by atoms with E-state index in [0.29, 0.717) is 5.69 Å². The molecule has 5 nitrogen and oxygen atoms in total. The third-order valence-corrected chi connectivity index (χ3v) is 7.50. The molecule has 1 aliphatic carbocycles. The summed E-state index contributed by atoms with van der Waals surface area (Å²) in [6.07, 6.45) is 5.43. The summed E-state index contributed by atoms with van der Waals surface area (Å²) >= 11 is 1.59. The number of hydrogen-bond donors (Lipinski definition) is 2. The summed E-state index contributed by atoms with van der Waals surface area (Å²) in [7, 11) is 0. The van der Waals surface area contributed by atoms with Gasteiger partial charge in [-0.25, -0.2) is 0 Å². The predicted octanol–water partition coefficient (Wildman–Crippen LogP) is 6.37. The van der Waals surface area contributed by atoms with E-state index in [-0.39, 0.29) is 17.9 Å². The summed E-state index contributed by atoms with van der Waals surface area (Å²) in [6.45, 7) is 1.98. The van der Waals surface area contributed by atoms with Gasteiger partial charge < -0.3 is 10.3 Å². The van der Waals surface area contributed by atoms with Crippen molar-refractivity contribution in [3.8, 4) is 0 Å². The fourth-order valence-electron chi connectivity index (χ4n) is 4.87. The van der Waals surface area contributed by atoms with Gasteiger partial charge in [0.25, 0.3) is 5.91 Å². The van der Waals surface area contributed by atoms with E-state index >= 15 is 0 Å². The highest BCUT2D eigenvalue weighted by atomic mass is 32.1. The minimum atomic E-state index is -0.780. The van der Waals surface area contributed by atoms with Gasteiger partial charge in [-0.2, -0.15) is 0 Å². The normalized spacial score (nSPS) is 15.2. The molecule has 1 aliphatic rings. The standard InChI is InChI=1S/C28H29N3O2S/c1-19-10-8-9-15-24(19)31(28(33)23-18-25-22(30-23)16-17-34-25)26(20-11-4-2-5-12-20)27(32)29-21-13-6-3-7-14-21/h2,4-5,8-12,15-18,21,26,30H,3,6-7,13-14H2,1H3,(H,29,32). The number of nitrogens with zero attached hydrogens (tertiary/aromatic N) is 1. The highest BCUT2D eigenvalue weighted by Gasteiger charge is 2.35. The van der Waals surface area contributed by atoms with E-state index in [2.05, 4.69) is 10.3 Å². The molecule has 2 aromatic carbocycles. The molecule has 0 bridgehead atoms. The molecule has 2 heterocycles. The van der Waals surface area contributed by atoms with Gasteiger partial charge in [-0.3, -0.25) is 14.5 Å². The van der Waals surface area contributed by atoms with Crippen LogP contribution in [-0.2, 0) is 4.79 Å². The Morgan fingerprint density at radius 3 is 2.47 bits per heavy atom. The molecule has 5 rings (SSSR count). The number of benzene rings is 2. The van der Waals surface area contributed by atoms with E-state index in [1.807, 2.05) is 79.0 Å². The molecule has 0 spiro atoms. The first kappa shape index (κ1) is 22.4. The van der Waals surface area contributed by atoms with E-state index in [4.69, 9.17) is 0 Å². The van der Waals surface area contributed by atoms with E-state index in [1.54, 1.807) is 16.2 Å². The molecule has 34 heavy (non-hydrogen) atoms. The van der Waals surface area contributed by atoms with Crippen LogP contribution in [0.5, 0.6) is 0 Å². The lowest BCUT2D eigenvalue weighted by Crippen LogP contribution is -2.47. The van der Waals surface area contributed by atoms with Crippen LogP contribution in [0.25, 0.3) is 10.2 Å². The van der Waals surface area contributed by atoms with Crippen molar-refractivity contribution in [2.75, 3.05) is 4.90 Å². The number of rotatable bonds is 6. The van der Waals surface area contributed by atoms with Gasteiger partial charge in [-0.05, 0) is 54.5 Å². The lowest BCUT2D eigenvalue weighted by molar-refractivity contribution is -0.123. The van der Waals surface area contributed by atoms with Gasteiger partial charge in [0.05, 0.1) is 10.2 Å². The summed E-state index contributed by atoms with van der Waals surface area (Å²) < 4.78 is 1.02. The molecule has 0 saturated heterocycles. The summed E-state index contributed by atoms with van der Waals surface area (Å²) in [5.41, 5.74) is 3.88. The number of carbonyl (C=O) groups is 2. The zero-order chi connectivity index (χ0) is 23.5. The number of fused-ring (bicyclic) bond motifs is 1. The first-order valence-electron chi connectivity index (χ1n) is 11.9. The van der Waals surface area contributed by atoms with Crippen LogP contribution in [0.1, 0.15) is 59.8 Å². The number of aryl methyl sites for hydroxylation is 1. The zero-order valence-electron chi connectivity index (χ0n) is 19.3. The number of para-hydroxylation sites is 1. The molecule has 1 fully saturated rings. The Bertz CT molecular complexity index is 1260. The fraction of sp³-hybridized carbons (Fsp3) is 0.286. The minimum absolute atomic E-state index is 0.136. The van der Waals surface area contributed by atoms with Crippen molar-refractivity contribution < 1.29 is 9.59 Å². The Morgan fingerprint density at radius 2 is 1.74 bits per heavy atom. The number of aromatic amines is 1. The van der Waals surface area contributed by atoms with Gasteiger partial charge in [-0.15, -0.1) is 11.3 Å². The number of carbonyl (C=O) groups excluding carboxylic acids is 2. The molecular weight excluding hydrogens is 442 g/mol. The molecule has 1 saturated carbocycles. The molecule has 2 aromatic heterocycles. The van der Waals surface area contributed by atoms with E-state index in [1.165, 1.54) is 6.42 Å². The highest BCUT2D eigenvalue weighted by molar-refractivity contribution is 7.17. The Morgan fingerprint density at radius 1 is 1.00 bits per heavy atom. The summed E-state index contributed by atoms with van der Waals surface area (Å²) in [5.74, 6) is -0.353. The quantitative estimate of drug-likeness (QED) is 0.343. The van der Waals surface area contributed by atoms with Gasteiger partial charge in [-0.1, -0.05) is 67.8 Å². The molecule has 0 aliphatic heterocycles. The number of anilines is 1. The monoisotopic (exact) mass is 471 g/mol. The maximum absolute atomic E-state index is 14.1. The number of hydrogen-bond acceptors (Lipinski definition) is 3. The van der Waals surface area contributed by atoms with E-state index in [9.17, 15) is 9.59 Å². The third-order valence-electron chi connectivity index (χ3n) is 6.64. The first-order chi connectivity index (χ1) is 16.6. The highest BCUT2D eigenvalue weighted by Crippen LogP contribution is 2.33. The Labute approximate surface area is 203 Å². The van der Waals surface area contributed by atoms with Crippen LogP contribution in [0.15, 0.2) is 72.1 Å². The lowest BCUT2D eigenvalue weighted by Gasteiger charge is -2.34. The Balaban J connectivity index is 1.60. The van der Waals surface area contributed by atoms with Crippen LogP contribution >= 0.6 is 11.3 Å². The topological polar surface area (TPSA) is 65.2 Å². The number of H-pyrrole nitrogens is 1. The number of thiophene rings is 1. The summed E-state index contributed by atoms with van der Waals surface area (Å²) in [6, 6.07) is 20.6. The second-order valence-electron chi connectivity index (χ2n) is 9.00. The molecule has 1 atom stereocenters. The van der Waals surface area contributed by atoms with Gasteiger partial charge in [0.2, 0.25) is 5.91 Å². The van der Waals surface area contributed by atoms with Crippen LogP contribution in [0.2, 0.25) is 0 Å². The van der Waals surface area contributed by atoms with Crippen LogP contribution in [0, 0.1) is 6.92 Å². The molecule has 1 unspecified atom stereocenters. The smallest absolute Gasteiger partial charge is 0.275 e. The van der Waals surface area contributed by atoms with Gasteiger partial charge in [0, 0.05) is 11.7 Å². The molecule has 174 valence electrons. The Kier molecular flexibility index (Phi) is 6.50. The Hall–Kier alpha value is -3.38. The zero-order valence-corrected chi connectivity index (χ0v) is 20.1. The minimum Gasteiger partial charge on any atom is -0.351 e. The maximum atomic E-state index is 14.1. The van der Waals surface area contributed by atoms with E-state index < -0.39 is 6.04 Å². The number of nitrogens with one attached hydrogen (secondary N) is 2. The second-order valence-corrected chi connectivity index (χ2v) is 9.95. The van der Waals surface area contributed by atoms with Crippen molar-refractivity contribution in [3.63, 3.8) is 0 Å². The van der Waals surface area contributed by atoms with Crippen LogP contribution in [0.4, 0.5) is 5.69 Å². The molecular formula is C28H29N3O2S. The van der Waals surface area contributed by atoms with Crippen molar-refractivity contribution >= 4 is 39.1 Å². The molecule has 2 amide bonds. The third kappa shape index (κ3) is 4.50. The summed E-state index contributed by atoms with van der Waals surface area (Å²) in [5, 5.41) is 5.27. The van der Waals surface area contributed by atoms with Crippen molar-refractivity contribution in [1.82, 2.24) is 10.3 Å². The molecule has 2 N–H and O–H groups in total. The van der Waals surface area contributed by atoms with Crippen LogP contribution < -0.4 is 10.2 Å². The van der Waals surface area contributed by atoms with Crippen molar-refractivity contribution in [2.24, 2.45) is 0 Å². The SMILES string of the molecule is Cc1ccccc1N(C(=O)c1cc2sccc2[nH]1)C(C(=O)NC1CCCCC1)c1ccccc1. The largest absolute Gasteiger partial charge is 0.351 e. The number of amides is 2. The van der Waals surface area contributed by atoms with Gasteiger partial charge >= 0.3 is 0 Å². The average Bonchev–Trinajstić information content (AvgIpc) is 3.47. The van der Waals surface area contributed by atoms with Gasteiger partial charge in [0.15, 0.2) is 0 Å². The lowest BCUT2D eigenvalue weighted by atomic mass is 9.94. The summed E-state index contributed by atoms with van der Waals surface area (Å²) in [4.78, 5) is 32.9. The van der Waals surface area contributed by atoms with Crippen LogP contribution in [-0.4, -0.2) is 22.8 Å². The average molecular weight is 472 g/mol. The van der Waals surface area contributed by atoms with Crippen molar-refractivity contribution in [2.45, 2.75) is 51.1 Å². The molecule has 0 radical (unpaired) electrons. The van der Waals surface area contributed by atoms with Crippen LogP contribution in [0.3, 0.4) is 0 Å². The van der Waals surface area contributed by atoms with Crippen molar-refractivity contribution in [3.05, 3.63) is 88.9 Å². The van der Waals surface area contributed by atoms with Gasteiger partial charge in [0.1, 0.15) is 11.7 Å². The fourth-order valence-corrected chi connectivity index (χ4v) is 5.66. The van der Waals surface area contributed by atoms with Crippen molar-refractivity contribution in [1.29, 1.82) is 0 Å². The maximum Gasteiger partial charge on any atom is 0.275 e. The molecule has 4 aromatic rings. The first-order valence-corrected chi connectivity index (χ1v) is 12.8. The second kappa shape index (κ2) is 9.85. The predicted molar refractivity (Wildman–Crippen MR) is 138 cm³/mol. The van der Waals surface area contributed by atoms with E-state index in [0.717, 1.165) is 52.7 Å². The number of aromatic nitrogens is 1.